The van der Waals surface area contributed by atoms with Crippen molar-refractivity contribution >= 4 is 27.6 Å². The van der Waals surface area contributed by atoms with Gasteiger partial charge in [0.2, 0.25) is 0 Å². The van der Waals surface area contributed by atoms with Gasteiger partial charge in [0.15, 0.2) is 0 Å². The fraction of sp³-hybridized carbons (Fsp3) is 0.500. The molecule has 0 amide bonds. The first-order valence-corrected chi connectivity index (χ1v) is 7.39. The molecule has 104 valence electrons. The number of rotatable bonds is 4. The molecule has 0 radical (unpaired) electrons. The molecule has 5 heteroatoms. The van der Waals surface area contributed by atoms with Crippen molar-refractivity contribution in [3.63, 3.8) is 0 Å². The van der Waals surface area contributed by atoms with Crippen LogP contribution in [-0.4, -0.2) is 30.2 Å². The molecule has 19 heavy (non-hydrogen) atoms. The summed E-state index contributed by atoms with van der Waals surface area (Å²) >= 11 is 3.52. The third kappa shape index (κ3) is 3.70. The van der Waals surface area contributed by atoms with Gasteiger partial charge in [-0.15, -0.1) is 0 Å². The number of hydrogen-bond acceptors (Lipinski definition) is 3. The first-order valence-electron chi connectivity index (χ1n) is 6.59. The van der Waals surface area contributed by atoms with Gasteiger partial charge in [0.1, 0.15) is 6.04 Å². The Morgan fingerprint density at radius 3 is 2.63 bits per heavy atom. The number of halogens is 1. The highest BCUT2D eigenvalue weighted by molar-refractivity contribution is 9.10. The number of nitrogens with two attached hydrogens (primary N) is 1. The minimum Gasteiger partial charge on any atom is -0.480 e. The number of aliphatic carboxylic acids is 1. The minimum atomic E-state index is -0.966. The monoisotopic (exact) mass is 326 g/mol. The van der Waals surface area contributed by atoms with Gasteiger partial charge >= 0.3 is 5.97 Å². The molecule has 1 heterocycles. The molecule has 0 aromatic heterocycles. The fourth-order valence-corrected chi connectivity index (χ4v) is 2.90. The molecule has 4 nitrogen and oxygen atoms in total. The van der Waals surface area contributed by atoms with Crippen LogP contribution >= 0.6 is 15.9 Å². The Kier molecular flexibility index (Phi) is 4.82. The number of carbonyl (C=O) groups is 1. The number of carboxylic acids is 1. The predicted molar refractivity (Wildman–Crippen MR) is 79.5 cm³/mol. The van der Waals surface area contributed by atoms with Crippen LogP contribution < -0.4 is 10.6 Å². The number of piperidine rings is 1. The van der Waals surface area contributed by atoms with Crippen molar-refractivity contribution in [1.82, 2.24) is 0 Å². The van der Waals surface area contributed by atoms with E-state index in [9.17, 15) is 4.79 Å². The van der Waals surface area contributed by atoms with Gasteiger partial charge in [-0.3, -0.25) is 4.79 Å². The zero-order chi connectivity index (χ0) is 13.8. The summed E-state index contributed by atoms with van der Waals surface area (Å²) in [6.45, 7) is 2.20. The highest BCUT2D eigenvalue weighted by Gasteiger charge is 2.16. The van der Waals surface area contributed by atoms with Crippen LogP contribution in [0.2, 0.25) is 0 Å². The Bertz CT molecular complexity index is 459. The topological polar surface area (TPSA) is 66.6 Å². The van der Waals surface area contributed by atoms with Crippen molar-refractivity contribution in [2.75, 3.05) is 18.0 Å². The first-order chi connectivity index (χ1) is 9.08. The van der Waals surface area contributed by atoms with Crippen LogP contribution in [0.3, 0.4) is 0 Å². The molecule has 0 bridgehead atoms. The van der Waals surface area contributed by atoms with Crippen LogP contribution in [0.25, 0.3) is 0 Å². The smallest absolute Gasteiger partial charge is 0.320 e. The first kappa shape index (κ1) is 14.3. The van der Waals surface area contributed by atoms with Crippen molar-refractivity contribution in [3.05, 3.63) is 28.2 Å². The van der Waals surface area contributed by atoms with Gasteiger partial charge in [0.05, 0.1) is 0 Å². The Morgan fingerprint density at radius 1 is 1.37 bits per heavy atom. The van der Waals surface area contributed by atoms with E-state index in [1.807, 2.05) is 6.07 Å². The highest BCUT2D eigenvalue weighted by atomic mass is 79.9. The lowest BCUT2D eigenvalue weighted by molar-refractivity contribution is -0.138. The zero-order valence-electron chi connectivity index (χ0n) is 10.8. The van der Waals surface area contributed by atoms with Gasteiger partial charge in [-0.1, -0.05) is 22.0 Å². The van der Waals surface area contributed by atoms with Gasteiger partial charge in [-0.2, -0.15) is 0 Å². The van der Waals surface area contributed by atoms with E-state index in [4.69, 9.17) is 10.8 Å². The molecule has 0 saturated carbocycles. The third-order valence-electron chi connectivity index (χ3n) is 3.51. The van der Waals surface area contributed by atoms with Crippen LogP contribution in [0.4, 0.5) is 5.69 Å². The molecule has 2 rings (SSSR count). The number of anilines is 1. The number of nitrogens with zero attached hydrogens (tertiary/aromatic N) is 1. The van der Waals surface area contributed by atoms with Gasteiger partial charge in [0.25, 0.3) is 0 Å². The number of hydrogen-bond donors (Lipinski definition) is 2. The summed E-state index contributed by atoms with van der Waals surface area (Å²) in [6, 6.07) is 5.24. The summed E-state index contributed by atoms with van der Waals surface area (Å²) in [7, 11) is 0. The molecule has 1 atom stereocenters. The summed E-state index contributed by atoms with van der Waals surface area (Å²) < 4.78 is 0.937. The molecule has 1 aliphatic rings. The van der Waals surface area contributed by atoms with Crippen LogP contribution in [0.15, 0.2) is 22.7 Å². The van der Waals surface area contributed by atoms with Crippen LogP contribution in [0, 0.1) is 0 Å². The van der Waals surface area contributed by atoms with Gasteiger partial charge in [0, 0.05) is 23.2 Å². The largest absolute Gasteiger partial charge is 0.480 e. The Labute approximate surface area is 121 Å². The quantitative estimate of drug-likeness (QED) is 0.891. The summed E-state index contributed by atoms with van der Waals surface area (Å²) in [4.78, 5) is 13.2. The van der Waals surface area contributed by atoms with Crippen molar-refractivity contribution in [2.24, 2.45) is 5.73 Å². The van der Waals surface area contributed by atoms with E-state index in [1.165, 1.54) is 24.9 Å². The van der Waals surface area contributed by atoms with Gasteiger partial charge in [-0.05, 0) is 43.4 Å². The average Bonchev–Trinajstić information content (AvgIpc) is 2.41. The molecular formula is C14H19BrN2O2. The molecule has 1 unspecified atom stereocenters. The van der Waals surface area contributed by atoms with Crippen molar-refractivity contribution < 1.29 is 9.90 Å². The van der Waals surface area contributed by atoms with Crippen molar-refractivity contribution in [1.29, 1.82) is 0 Å². The van der Waals surface area contributed by atoms with E-state index < -0.39 is 12.0 Å². The van der Waals surface area contributed by atoms with Crippen LogP contribution in [0.5, 0.6) is 0 Å². The highest BCUT2D eigenvalue weighted by Crippen LogP contribution is 2.27. The average molecular weight is 327 g/mol. The van der Waals surface area contributed by atoms with Gasteiger partial charge < -0.3 is 15.7 Å². The molecule has 1 saturated heterocycles. The molecule has 3 N–H and O–H groups in total. The minimum absolute atomic E-state index is 0.343. The van der Waals surface area contributed by atoms with E-state index in [2.05, 4.69) is 33.0 Å². The predicted octanol–water partition coefficient (Wildman–Crippen LogP) is 2.39. The van der Waals surface area contributed by atoms with E-state index in [0.717, 1.165) is 23.1 Å². The van der Waals surface area contributed by atoms with E-state index in [0.29, 0.717) is 6.42 Å². The number of carboxylic acid groups (broad SMARTS) is 1. The molecular weight excluding hydrogens is 308 g/mol. The lowest BCUT2D eigenvalue weighted by atomic mass is 10.0. The van der Waals surface area contributed by atoms with Crippen LogP contribution in [-0.2, 0) is 11.2 Å². The molecule has 0 spiro atoms. The summed E-state index contributed by atoms with van der Waals surface area (Å²) in [5, 5.41) is 8.84. The third-order valence-corrected chi connectivity index (χ3v) is 4.25. The summed E-state index contributed by atoms with van der Waals surface area (Å²) in [5.74, 6) is -0.966. The summed E-state index contributed by atoms with van der Waals surface area (Å²) in [5.41, 5.74) is 7.70. The van der Waals surface area contributed by atoms with Gasteiger partial charge in [-0.25, -0.2) is 0 Å². The number of benzene rings is 1. The molecule has 1 aromatic rings. The maximum Gasteiger partial charge on any atom is 0.320 e. The second kappa shape index (κ2) is 6.39. The lowest BCUT2D eigenvalue weighted by Crippen LogP contribution is -2.32. The van der Waals surface area contributed by atoms with E-state index in [-0.39, 0.29) is 0 Å². The van der Waals surface area contributed by atoms with Crippen molar-refractivity contribution in [2.45, 2.75) is 31.7 Å². The second-order valence-corrected chi connectivity index (χ2v) is 5.83. The maximum atomic E-state index is 10.8. The second-order valence-electron chi connectivity index (χ2n) is 4.97. The normalized spacial score (nSPS) is 17.3. The van der Waals surface area contributed by atoms with E-state index in [1.54, 1.807) is 0 Å². The molecule has 0 aliphatic carbocycles. The van der Waals surface area contributed by atoms with Crippen molar-refractivity contribution in [3.8, 4) is 0 Å². The standard InChI is InChI=1S/C14H19BrN2O2/c15-12-9-11(17-6-2-1-3-7-17)5-4-10(12)8-13(16)14(18)19/h4-5,9,13H,1-3,6-8,16H2,(H,18,19). The van der Waals surface area contributed by atoms with Crippen LogP contribution in [0.1, 0.15) is 24.8 Å². The Morgan fingerprint density at radius 2 is 2.05 bits per heavy atom. The Balaban J connectivity index is 2.10. The summed E-state index contributed by atoms with van der Waals surface area (Å²) in [6.07, 6.45) is 4.13. The lowest BCUT2D eigenvalue weighted by Gasteiger charge is -2.29. The molecule has 1 aliphatic heterocycles. The van der Waals surface area contributed by atoms with E-state index >= 15 is 0 Å². The SMILES string of the molecule is NC(Cc1ccc(N2CCCCC2)cc1Br)C(=O)O. The fourth-order valence-electron chi connectivity index (χ4n) is 2.37. The maximum absolute atomic E-state index is 10.8. The zero-order valence-corrected chi connectivity index (χ0v) is 12.4. The Hall–Kier alpha value is -1.07. The molecule has 1 aromatic carbocycles. The molecule has 1 fully saturated rings.